The van der Waals surface area contributed by atoms with Crippen LogP contribution in [0, 0.1) is 0 Å². The van der Waals surface area contributed by atoms with Gasteiger partial charge in [-0.25, -0.2) is 15.0 Å². The van der Waals surface area contributed by atoms with Crippen LogP contribution in [0.4, 0.5) is 0 Å². The molecule has 0 bridgehead atoms. The van der Waals surface area contributed by atoms with Crippen molar-refractivity contribution in [1.82, 2.24) is 24.8 Å². The first-order chi connectivity index (χ1) is 8.92. The van der Waals surface area contributed by atoms with Gasteiger partial charge in [0.15, 0.2) is 0 Å². The predicted molar refractivity (Wildman–Crippen MR) is 67.9 cm³/mol. The summed E-state index contributed by atoms with van der Waals surface area (Å²) in [5.74, 6) is 1.56. The third-order valence-electron chi connectivity index (χ3n) is 3.46. The Bertz CT molecular complexity index is 467. The van der Waals surface area contributed by atoms with E-state index in [-0.39, 0.29) is 0 Å². The Morgan fingerprint density at radius 1 is 1.33 bits per heavy atom. The second-order valence-corrected chi connectivity index (χ2v) is 4.74. The largest absolute Gasteiger partial charge is 0.348 e. The lowest BCUT2D eigenvalue weighted by Crippen LogP contribution is -2.34. The molecule has 0 saturated carbocycles. The van der Waals surface area contributed by atoms with Crippen LogP contribution < -0.4 is 0 Å². The molecule has 0 spiro atoms. The number of piperidine rings is 1. The van der Waals surface area contributed by atoms with Gasteiger partial charge in [-0.2, -0.15) is 0 Å². The number of H-pyrrole nitrogens is 1. The van der Waals surface area contributed by atoms with Crippen molar-refractivity contribution in [2.45, 2.75) is 25.3 Å². The van der Waals surface area contributed by atoms with Gasteiger partial charge < -0.3 is 4.98 Å². The molecule has 1 saturated heterocycles. The zero-order valence-corrected chi connectivity index (χ0v) is 10.3. The third kappa shape index (κ3) is 2.56. The van der Waals surface area contributed by atoms with Crippen LogP contribution in [0.25, 0.3) is 0 Å². The summed E-state index contributed by atoms with van der Waals surface area (Å²) in [5, 5.41) is 0. The van der Waals surface area contributed by atoms with Crippen LogP contribution in [0.5, 0.6) is 0 Å². The van der Waals surface area contributed by atoms with Crippen molar-refractivity contribution in [2.75, 3.05) is 13.1 Å². The normalized spacial score (nSPS) is 21.0. The number of nitrogens with zero attached hydrogens (tertiary/aromatic N) is 4. The summed E-state index contributed by atoms with van der Waals surface area (Å²) in [6, 6.07) is 2.03. The van der Waals surface area contributed by atoms with Crippen molar-refractivity contribution in [1.29, 1.82) is 0 Å². The van der Waals surface area contributed by atoms with E-state index in [0.717, 1.165) is 31.2 Å². The molecule has 18 heavy (non-hydrogen) atoms. The Labute approximate surface area is 106 Å². The number of likely N-dealkylation sites (tertiary alicyclic amines) is 1. The minimum atomic E-state index is 0.525. The number of nitrogens with one attached hydrogen (secondary N) is 1. The molecule has 0 amide bonds. The van der Waals surface area contributed by atoms with E-state index >= 15 is 0 Å². The molecule has 5 nitrogen and oxygen atoms in total. The van der Waals surface area contributed by atoms with Gasteiger partial charge in [0.1, 0.15) is 12.2 Å². The van der Waals surface area contributed by atoms with Gasteiger partial charge in [0.2, 0.25) is 0 Å². The van der Waals surface area contributed by atoms with E-state index in [4.69, 9.17) is 0 Å². The van der Waals surface area contributed by atoms with Gasteiger partial charge in [-0.1, -0.05) is 0 Å². The summed E-state index contributed by atoms with van der Waals surface area (Å²) in [7, 11) is 0. The van der Waals surface area contributed by atoms with Gasteiger partial charge in [-0.3, -0.25) is 4.90 Å². The molecule has 1 fully saturated rings. The zero-order chi connectivity index (χ0) is 12.2. The van der Waals surface area contributed by atoms with Gasteiger partial charge in [0, 0.05) is 36.7 Å². The topological polar surface area (TPSA) is 57.7 Å². The van der Waals surface area contributed by atoms with Crippen LogP contribution in [-0.4, -0.2) is 37.9 Å². The van der Waals surface area contributed by atoms with Gasteiger partial charge in [0.25, 0.3) is 0 Å². The van der Waals surface area contributed by atoms with E-state index in [1.54, 1.807) is 12.5 Å². The number of aromatic nitrogens is 4. The lowest BCUT2D eigenvalue weighted by molar-refractivity contribution is 0.194. The van der Waals surface area contributed by atoms with Crippen molar-refractivity contribution in [3.8, 4) is 0 Å². The molecule has 2 aromatic rings. The predicted octanol–water partition coefficient (Wildman–Crippen LogP) is 1.58. The highest BCUT2D eigenvalue weighted by atomic mass is 15.2. The minimum Gasteiger partial charge on any atom is -0.348 e. The summed E-state index contributed by atoms with van der Waals surface area (Å²) >= 11 is 0. The van der Waals surface area contributed by atoms with Gasteiger partial charge in [-0.15, -0.1) is 0 Å². The highest BCUT2D eigenvalue weighted by Gasteiger charge is 2.22. The van der Waals surface area contributed by atoms with Crippen molar-refractivity contribution in [2.24, 2.45) is 0 Å². The Morgan fingerprint density at radius 3 is 3.11 bits per heavy atom. The van der Waals surface area contributed by atoms with Crippen LogP contribution in [0.15, 0.2) is 31.0 Å². The molecule has 5 heteroatoms. The van der Waals surface area contributed by atoms with E-state index in [9.17, 15) is 0 Å². The van der Waals surface area contributed by atoms with Crippen LogP contribution in [0.2, 0.25) is 0 Å². The number of hydrogen-bond acceptors (Lipinski definition) is 4. The highest BCUT2D eigenvalue weighted by Crippen LogP contribution is 2.25. The fraction of sp³-hybridized carbons (Fsp3) is 0.462. The number of hydrogen-bond donors (Lipinski definition) is 1. The molecular weight excluding hydrogens is 226 g/mol. The standard InChI is InChI=1S/C13H17N5/c1-2-11(12-3-4-14-10-17-12)8-18(7-1)9-13-15-5-6-16-13/h3-6,10-11H,1-2,7-9H2,(H,15,16)/t11-/m1/s1. The first-order valence-corrected chi connectivity index (χ1v) is 6.38. The molecule has 0 aromatic carbocycles. The summed E-state index contributed by atoms with van der Waals surface area (Å²) in [6.07, 6.45) is 9.58. The lowest BCUT2D eigenvalue weighted by Gasteiger charge is -2.31. The molecule has 0 aliphatic carbocycles. The number of imidazole rings is 1. The van der Waals surface area contributed by atoms with Crippen molar-refractivity contribution >= 4 is 0 Å². The highest BCUT2D eigenvalue weighted by molar-refractivity contribution is 5.07. The molecule has 1 aliphatic rings. The van der Waals surface area contributed by atoms with Gasteiger partial charge in [0.05, 0.1) is 6.54 Å². The van der Waals surface area contributed by atoms with Crippen LogP contribution in [0.1, 0.15) is 30.3 Å². The first kappa shape index (κ1) is 11.3. The first-order valence-electron chi connectivity index (χ1n) is 6.38. The fourth-order valence-electron chi connectivity index (χ4n) is 2.58. The molecule has 1 N–H and O–H groups in total. The van der Waals surface area contributed by atoms with Crippen LogP contribution in [-0.2, 0) is 6.54 Å². The molecule has 94 valence electrons. The van der Waals surface area contributed by atoms with Crippen molar-refractivity contribution < 1.29 is 0 Å². The average Bonchev–Trinajstić information content (AvgIpc) is 2.93. The summed E-state index contributed by atoms with van der Waals surface area (Å²) < 4.78 is 0. The maximum Gasteiger partial charge on any atom is 0.120 e. The van der Waals surface area contributed by atoms with E-state index in [0.29, 0.717) is 5.92 Å². The Balaban J connectivity index is 1.65. The molecule has 3 heterocycles. The maximum absolute atomic E-state index is 4.37. The van der Waals surface area contributed by atoms with Crippen molar-refractivity contribution in [3.05, 3.63) is 42.5 Å². The van der Waals surface area contributed by atoms with Gasteiger partial charge >= 0.3 is 0 Å². The summed E-state index contributed by atoms with van der Waals surface area (Å²) in [6.45, 7) is 3.09. The molecule has 2 aromatic heterocycles. The Morgan fingerprint density at radius 2 is 2.33 bits per heavy atom. The second-order valence-electron chi connectivity index (χ2n) is 4.74. The Kier molecular flexibility index (Phi) is 3.32. The number of rotatable bonds is 3. The van der Waals surface area contributed by atoms with E-state index in [1.807, 2.05) is 18.5 Å². The molecule has 0 radical (unpaired) electrons. The zero-order valence-electron chi connectivity index (χ0n) is 10.3. The minimum absolute atomic E-state index is 0.525. The molecule has 1 aliphatic heterocycles. The van der Waals surface area contributed by atoms with Gasteiger partial charge in [-0.05, 0) is 25.5 Å². The van der Waals surface area contributed by atoms with Crippen molar-refractivity contribution in [3.63, 3.8) is 0 Å². The molecule has 3 rings (SSSR count). The van der Waals surface area contributed by atoms with Crippen LogP contribution in [0.3, 0.4) is 0 Å². The number of aromatic amines is 1. The summed E-state index contributed by atoms with van der Waals surface area (Å²) in [5.41, 5.74) is 1.16. The quantitative estimate of drug-likeness (QED) is 0.889. The molecule has 0 unspecified atom stereocenters. The third-order valence-corrected chi connectivity index (χ3v) is 3.46. The molecular formula is C13H17N5. The molecule has 1 atom stereocenters. The average molecular weight is 243 g/mol. The smallest absolute Gasteiger partial charge is 0.120 e. The SMILES string of the molecule is c1cc([C@@H]2CCCN(Cc3ncc[nH]3)C2)ncn1. The fourth-order valence-corrected chi connectivity index (χ4v) is 2.58. The van der Waals surface area contributed by atoms with E-state index in [1.165, 1.54) is 12.8 Å². The Hall–Kier alpha value is -1.75. The van der Waals surface area contributed by atoms with E-state index in [2.05, 4.69) is 24.8 Å². The second kappa shape index (κ2) is 5.27. The monoisotopic (exact) mass is 243 g/mol. The van der Waals surface area contributed by atoms with Crippen LogP contribution >= 0.6 is 0 Å². The summed E-state index contributed by atoms with van der Waals surface area (Å²) in [4.78, 5) is 18.2. The lowest BCUT2D eigenvalue weighted by atomic mass is 9.94. The van der Waals surface area contributed by atoms with E-state index < -0.39 is 0 Å². The maximum atomic E-state index is 4.37.